The summed E-state index contributed by atoms with van der Waals surface area (Å²) in [5.74, 6) is 0.461. The first-order valence-electron chi connectivity index (χ1n) is 12.0. The predicted octanol–water partition coefficient (Wildman–Crippen LogP) is 4.83. The molecule has 3 aromatic rings. The summed E-state index contributed by atoms with van der Waals surface area (Å²) in [4.78, 5) is 31.2. The highest BCUT2D eigenvalue weighted by atomic mass is 19.1. The Morgan fingerprint density at radius 3 is 2.78 bits per heavy atom. The molecule has 0 bridgehead atoms. The molecule has 7 nitrogen and oxygen atoms in total. The zero-order valence-corrected chi connectivity index (χ0v) is 20.5. The lowest BCUT2D eigenvalue weighted by atomic mass is 9.87. The van der Waals surface area contributed by atoms with E-state index in [-0.39, 0.29) is 47.8 Å². The van der Waals surface area contributed by atoms with Crippen LogP contribution in [0.15, 0.2) is 65.8 Å². The van der Waals surface area contributed by atoms with Gasteiger partial charge in [0, 0.05) is 19.5 Å². The topological polar surface area (TPSA) is 84.7 Å². The monoisotopic (exact) mass is 491 g/mol. The van der Waals surface area contributed by atoms with Gasteiger partial charge in [0.2, 0.25) is 11.8 Å². The van der Waals surface area contributed by atoms with Crippen molar-refractivity contribution in [2.75, 3.05) is 13.1 Å². The van der Waals surface area contributed by atoms with Gasteiger partial charge in [-0.1, -0.05) is 38.1 Å². The van der Waals surface area contributed by atoms with Gasteiger partial charge < -0.3 is 19.4 Å². The van der Waals surface area contributed by atoms with Gasteiger partial charge in [-0.3, -0.25) is 9.59 Å². The number of carbonyl (C=O) groups is 2. The summed E-state index contributed by atoms with van der Waals surface area (Å²) in [5.41, 5.74) is 3.06. The van der Waals surface area contributed by atoms with Crippen LogP contribution < -0.4 is 10.1 Å². The van der Waals surface area contributed by atoms with Crippen molar-refractivity contribution in [3.05, 3.63) is 95.5 Å². The maximum atomic E-state index is 13.7. The molecule has 0 fully saturated rings. The van der Waals surface area contributed by atoms with E-state index in [4.69, 9.17) is 9.15 Å². The minimum absolute atomic E-state index is 0.0325. The van der Waals surface area contributed by atoms with Gasteiger partial charge in [-0.05, 0) is 53.3 Å². The van der Waals surface area contributed by atoms with Crippen molar-refractivity contribution >= 4 is 11.8 Å². The van der Waals surface area contributed by atoms with E-state index in [1.165, 1.54) is 18.4 Å². The van der Waals surface area contributed by atoms with E-state index < -0.39 is 0 Å². The molecule has 0 radical (unpaired) electrons. The molecular weight excluding hydrogens is 461 g/mol. The number of carbonyl (C=O) groups excluding carboxylic acids is 2. The van der Waals surface area contributed by atoms with Crippen LogP contribution in [0.25, 0.3) is 0 Å². The minimum Gasteiger partial charge on any atom is -0.484 e. The van der Waals surface area contributed by atoms with Crippen LogP contribution in [0, 0.1) is 11.7 Å². The Bertz CT molecular complexity index is 1240. The zero-order valence-electron chi connectivity index (χ0n) is 20.5. The number of ether oxygens (including phenoxy) is 1. The molecule has 0 unspecified atom stereocenters. The predicted molar refractivity (Wildman–Crippen MR) is 133 cm³/mol. The molecule has 1 aliphatic rings. The fraction of sp³-hybridized carbons (Fsp3) is 0.321. The van der Waals surface area contributed by atoms with Crippen LogP contribution in [0.5, 0.6) is 5.75 Å². The fourth-order valence-corrected chi connectivity index (χ4v) is 4.30. The first-order valence-corrected chi connectivity index (χ1v) is 12.0. The van der Waals surface area contributed by atoms with E-state index in [0.29, 0.717) is 25.3 Å². The Balaban J connectivity index is 1.57. The van der Waals surface area contributed by atoms with Crippen molar-refractivity contribution < 1.29 is 23.1 Å². The molecule has 1 atom stereocenters. The molecule has 8 heteroatoms. The van der Waals surface area contributed by atoms with Gasteiger partial charge in [0.05, 0.1) is 6.04 Å². The second-order valence-corrected chi connectivity index (χ2v) is 9.16. The molecule has 2 aromatic carbocycles. The summed E-state index contributed by atoms with van der Waals surface area (Å²) in [6, 6.07) is 11.7. The van der Waals surface area contributed by atoms with Crippen molar-refractivity contribution in [2.24, 2.45) is 5.92 Å². The van der Waals surface area contributed by atoms with Crippen molar-refractivity contribution in [2.45, 2.75) is 39.3 Å². The molecule has 0 spiro atoms. The molecule has 2 amide bonds. The summed E-state index contributed by atoms with van der Waals surface area (Å²) in [7, 11) is 0. The maximum absolute atomic E-state index is 13.7. The van der Waals surface area contributed by atoms with Gasteiger partial charge in [-0.15, -0.1) is 6.58 Å². The third-order valence-electron chi connectivity index (χ3n) is 5.99. The zero-order chi connectivity index (χ0) is 25.7. The molecule has 0 saturated heterocycles. The number of halogens is 1. The molecule has 0 saturated carbocycles. The molecule has 1 N–H and O–H groups in total. The summed E-state index contributed by atoms with van der Waals surface area (Å²) >= 11 is 0. The summed E-state index contributed by atoms with van der Waals surface area (Å²) in [6.45, 7) is 8.56. The van der Waals surface area contributed by atoms with Crippen LogP contribution >= 0.6 is 0 Å². The van der Waals surface area contributed by atoms with Crippen LogP contribution in [0.4, 0.5) is 4.39 Å². The summed E-state index contributed by atoms with van der Waals surface area (Å²) in [6.07, 6.45) is 4.03. The van der Waals surface area contributed by atoms with Crippen molar-refractivity contribution in [1.29, 1.82) is 0 Å². The standard InChI is InChI=1S/C28H30FN3O4/c1-4-12-30-28(34)24-16-36-25(31-24)17-35-22-10-7-19-11-13-32(26(33)14-18(2)3)27(23(19)15-22)20-5-8-21(29)9-6-20/h4-10,15-16,18,27H,1,11-14,17H2,2-3H3,(H,30,34)/t27-/m1/s1. The van der Waals surface area contributed by atoms with Gasteiger partial charge in [-0.25, -0.2) is 9.37 Å². The Hall–Kier alpha value is -3.94. The molecule has 4 rings (SSSR count). The van der Waals surface area contributed by atoms with Crippen LogP contribution in [0.1, 0.15) is 59.4 Å². The number of fused-ring (bicyclic) bond motifs is 1. The first kappa shape index (κ1) is 25.2. The van der Waals surface area contributed by atoms with Crippen molar-refractivity contribution in [3.63, 3.8) is 0 Å². The van der Waals surface area contributed by atoms with E-state index >= 15 is 0 Å². The molecule has 2 heterocycles. The fourth-order valence-electron chi connectivity index (χ4n) is 4.30. The average Bonchev–Trinajstić information content (AvgIpc) is 3.34. The minimum atomic E-state index is -0.355. The average molecular weight is 492 g/mol. The van der Waals surface area contributed by atoms with Gasteiger partial charge in [-0.2, -0.15) is 0 Å². The Morgan fingerprint density at radius 2 is 2.06 bits per heavy atom. The molecule has 1 aliphatic heterocycles. The molecule has 36 heavy (non-hydrogen) atoms. The third-order valence-corrected chi connectivity index (χ3v) is 5.99. The maximum Gasteiger partial charge on any atom is 0.273 e. The van der Waals surface area contributed by atoms with Gasteiger partial charge in [0.25, 0.3) is 5.91 Å². The number of nitrogens with zero attached hydrogens (tertiary/aromatic N) is 2. The lowest BCUT2D eigenvalue weighted by Crippen LogP contribution is -2.41. The van der Waals surface area contributed by atoms with E-state index in [2.05, 4.69) is 16.9 Å². The highest BCUT2D eigenvalue weighted by Gasteiger charge is 2.32. The number of hydrogen-bond donors (Lipinski definition) is 1. The van der Waals surface area contributed by atoms with E-state index in [9.17, 15) is 14.0 Å². The van der Waals surface area contributed by atoms with Crippen molar-refractivity contribution in [1.82, 2.24) is 15.2 Å². The molecule has 0 aliphatic carbocycles. The SMILES string of the molecule is C=CCNC(=O)c1coc(COc2ccc3c(c2)[C@@H](c2ccc(F)cc2)N(C(=O)CC(C)C)CC3)n1. The van der Waals surface area contributed by atoms with Crippen LogP contribution in [-0.4, -0.2) is 34.8 Å². The van der Waals surface area contributed by atoms with Gasteiger partial charge in [0.1, 0.15) is 17.8 Å². The Morgan fingerprint density at radius 1 is 1.28 bits per heavy atom. The molecular formula is C28H30FN3O4. The van der Waals surface area contributed by atoms with Crippen LogP contribution in [0.2, 0.25) is 0 Å². The number of rotatable bonds is 9. The van der Waals surface area contributed by atoms with Gasteiger partial charge >= 0.3 is 0 Å². The smallest absolute Gasteiger partial charge is 0.273 e. The Kier molecular flexibility index (Phi) is 7.83. The highest BCUT2D eigenvalue weighted by molar-refractivity contribution is 5.91. The first-order chi connectivity index (χ1) is 17.4. The van der Waals surface area contributed by atoms with Crippen molar-refractivity contribution in [3.8, 4) is 5.75 Å². The number of hydrogen-bond acceptors (Lipinski definition) is 5. The quantitative estimate of drug-likeness (QED) is 0.434. The summed E-state index contributed by atoms with van der Waals surface area (Å²) in [5, 5.41) is 2.64. The van der Waals surface area contributed by atoms with Gasteiger partial charge in [0.15, 0.2) is 12.3 Å². The van der Waals surface area contributed by atoms with E-state index in [0.717, 1.165) is 23.1 Å². The second kappa shape index (κ2) is 11.2. The Labute approximate surface area is 210 Å². The highest BCUT2D eigenvalue weighted by Crippen LogP contribution is 2.38. The van der Waals surface area contributed by atoms with E-state index in [1.54, 1.807) is 18.2 Å². The molecule has 1 aromatic heterocycles. The number of oxazole rings is 1. The van der Waals surface area contributed by atoms with E-state index in [1.807, 2.05) is 36.9 Å². The number of benzene rings is 2. The lowest BCUT2D eigenvalue weighted by molar-refractivity contribution is -0.134. The second-order valence-electron chi connectivity index (χ2n) is 9.16. The van der Waals surface area contributed by atoms with Crippen LogP contribution in [0.3, 0.4) is 0 Å². The number of nitrogens with one attached hydrogen (secondary N) is 1. The number of aromatic nitrogens is 1. The van der Waals surface area contributed by atoms with Crippen LogP contribution in [-0.2, 0) is 17.8 Å². The normalized spacial score (nSPS) is 14.9. The summed E-state index contributed by atoms with van der Waals surface area (Å²) < 4.78 is 25.0. The third kappa shape index (κ3) is 5.82. The molecule has 188 valence electrons. The largest absolute Gasteiger partial charge is 0.484 e. The number of amides is 2. The lowest BCUT2D eigenvalue weighted by Gasteiger charge is -2.38.